The van der Waals surface area contributed by atoms with Crippen molar-refractivity contribution in [3.05, 3.63) is 85.8 Å². The molecule has 0 aliphatic rings. The van der Waals surface area contributed by atoms with Gasteiger partial charge in [0.05, 0.1) is 77.8 Å². The molecule has 36 nitrogen and oxygen atoms in total. The monoisotopic (exact) mass is 1370 g/mol. The summed E-state index contributed by atoms with van der Waals surface area (Å²) in [5, 5.41) is 47.5. The van der Waals surface area contributed by atoms with Gasteiger partial charge < -0.3 is 33.8 Å². The third kappa shape index (κ3) is 26.1. The number of benzene rings is 4. The van der Waals surface area contributed by atoms with Gasteiger partial charge in [0, 0.05) is 0 Å². The normalized spacial score (nSPS) is 12.7. The summed E-state index contributed by atoms with van der Waals surface area (Å²) in [5.74, 6) is -4.88. The molecule has 0 saturated heterocycles. The average molecular weight is 1380 g/mol. The van der Waals surface area contributed by atoms with Crippen LogP contribution < -0.4 is 220 Å². The van der Waals surface area contributed by atoms with Crippen LogP contribution in [0.25, 0.3) is 0 Å². The molecule has 3 N–H and O–H groups in total. The zero-order valence-electron chi connectivity index (χ0n) is 41.7. The molecule has 0 aliphatic carbocycles. The first-order chi connectivity index (χ1) is 34.6. The van der Waals surface area contributed by atoms with Crippen molar-refractivity contribution in [3.8, 4) is 5.75 Å². The molecule has 0 radical (unpaired) electrons. The molecule has 0 unspecified atom stereocenters. The summed E-state index contributed by atoms with van der Waals surface area (Å²) < 4.78 is 241. The van der Waals surface area contributed by atoms with Crippen LogP contribution in [0.15, 0.2) is 114 Å². The van der Waals surface area contributed by atoms with Crippen LogP contribution in [0, 0.1) is 0 Å². The molecule has 0 fully saturated rings. The smallest absolute Gasteiger partial charge is 0.744 e. The van der Waals surface area contributed by atoms with Crippen molar-refractivity contribution >= 4 is 118 Å². The third-order valence-corrected chi connectivity index (χ3v) is 17.4. The van der Waals surface area contributed by atoms with Crippen LogP contribution in [-0.2, 0) is 102 Å². The van der Waals surface area contributed by atoms with Crippen molar-refractivity contribution in [1.29, 1.82) is 0 Å². The van der Waals surface area contributed by atoms with E-state index in [0.717, 1.165) is 0 Å². The van der Waals surface area contributed by atoms with Crippen molar-refractivity contribution < 1.29 is 301 Å². The van der Waals surface area contributed by atoms with Gasteiger partial charge in [-0.2, -0.15) is 10.2 Å². The van der Waals surface area contributed by atoms with E-state index in [2.05, 4.69) is 51.7 Å². The van der Waals surface area contributed by atoms with Crippen LogP contribution in [0.1, 0.15) is 0 Å². The van der Waals surface area contributed by atoms with Crippen LogP contribution in [0.4, 0.5) is 22.7 Å². The van der Waals surface area contributed by atoms with Gasteiger partial charge in [-0.1, -0.05) is 0 Å². The first-order valence-electron chi connectivity index (χ1n) is 18.3. The molecule has 0 saturated carbocycles. The van der Waals surface area contributed by atoms with Gasteiger partial charge in [-0.3, -0.25) is 43.1 Å². The summed E-state index contributed by atoms with van der Waals surface area (Å²) >= 11 is -0.178. The Morgan fingerprint density at radius 3 is 1.25 bits per heavy atom. The Balaban J connectivity index is -0.0000101. The van der Waals surface area contributed by atoms with Gasteiger partial charge in [0.25, 0.3) is 0 Å². The third-order valence-electron chi connectivity index (χ3n) is 8.52. The molecule has 0 spiro atoms. The van der Waals surface area contributed by atoms with E-state index >= 15 is 0 Å². The van der Waals surface area contributed by atoms with Gasteiger partial charge in [0.1, 0.15) is 36.0 Å². The number of hydrogen-bond donors (Lipinski definition) is 3. The maximum absolute atomic E-state index is 13.8. The Kier molecular flexibility index (Phi) is 39.5. The van der Waals surface area contributed by atoms with Crippen LogP contribution in [0.5, 0.6) is 5.75 Å². The van der Waals surface area contributed by atoms with Gasteiger partial charge in [-0.05, 0) is 54.6 Å². The zero-order valence-corrected chi connectivity index (χ0v) is 61.0. The van der Waals surface area contributed by atoms with E-state index in [-0.39, 0.29) is 214 Å². The molecular weight excluding hydrogens is 1350 g/mol. The van der Waals surface area contributed by atoms with Crippen LogP contribution in [-0.4, -0.2) is 119 Å². The molecule has 4 rings (SSSR count). The summed E-state index contributed by atoms with van der Waals surface area (Å²) in [7, 11) is -36.6. The molecule has 51 heteroatoms. The molecule has 0 aliphatic heterocycles. The summed E-state index contributed by atoms with van der Waals surface area (Å²) in [5.41, 5.74) is -4.78. The summed E-state index contributed by atoms with van der Waals surface area (Å²) in [6, 6.07) is 4.21. The number of rotatable bonds is 28. The van der Waals surface area contributed by atoms with Crippen LogP contribution in [0.2, 0.25) is 0 Å². The second-order valence-electron chi connectivity index (χ2n) is 13.2. The first kappa shape index (κ1) is 86.1. The molecule has 414 valence electrons. The van der Waals surface area contributed by atoms with Crippen molar-refractivity contribution in [2.24, 2.45) is 20.4 Å². The molecule has 0 atom stereocenters. The quantitative estimate of drug-likeness (QED) is 0.00695. The maximum atomic E-state index is 13.8. The Bertz CT molecular complexity index is 3940. The fraction of sp³-hybridized carbons (Fsp3) is 0.200. The van der Waals surface area contributed by atoms with Gasteiger partial charge in [-0.25, -0.2) is 58.9 Å². The Morgan fingerprint density at radius 2 is 0.864 bits per heavy atom. The van der Waals surface area contributed by atoms with Crippen molar-refractivity contribution in [2.45, 2.75) is 29.4 Å². The second-order valence-corrected chi connectivity index (χ2v) is 25.7. The van der Waals surface area contributed by atoms with Gasteiger partial charge in [0.15, 0.2) is 76.3 Å². The molecular formula is C30H24N6Na6O30S9. The summed E-state index contributed by atoms with van der Waals surface area (Å²) in [6.45, 7) is -2.73. The summed E-state index contributed by atoms with van der Waals surface area (Å²) in [4.78, 5) is 20.5. The Morgan fingerprint density at radius 1 is 0.494 bits per heavy atom. The Labute approximate surface area is 598 Å². The minimum atomic E-state index is -5.81. The molecule has 0 aromatic heterocycles. The maximum Gasteiger partial charge on any atom is 1.00 e. The topological polar surface area (TPSA) is 570 Å². The fourth-order valence-electron chi connectivity index (χ4n) is 5.27. The second kappa shape index (κ2) is 37.2. The molecule has 0 amide bonds. The standard InChI is InChI=1S/C30H30N6O30S9.6Na/c37-28-25(34-31-19-4-1-16(13-22(19)72(48,49)50)69(42,43)10-7-60-67-65-63-40)29(38)27(36-33-21-6-3-18(15-24(21)74(54,55)56)71(46,47)12-9-62-75(57,58)59)30(39)26(28)35-32-20-5-2-17(14-23(20)73(51,52)53)70(44,45)11-8-61-68-66-64-41;;;;;;/h1-6,13-15,31,33,37,40-41H,7-12H2,(H,48,49,50)(H,51,52,53)(H,54,55,56)(H,57,58,59);;;;;;/q;6*+1/p-6/b34-25-,35-32?,36-27+;;;;;;. The number of nitrogens with zero attached hydrogens (tertiary/aromatic N) is 4. The van der Waals surface area contributed by atoms with Crippen molar-refractivity contribution in [3.63, 3.8) is 0 Å². The number of nitrogens with one attached hydrogen (secondary N) is 2. The van der Waals surface area contributed by atoms with E-state index in [0.29, 0.717) is 42.5 Å². The van der Waals surface area contributed by atoms with E-state index in [1.807, 2.05) is 5.43 Å². The minimum Gasteiger partial charge on any atom is -0.744 e. The van der Waals surface area contributed by atoms with Crippen LogP contribution >= 0.6 is 24.6 Å². The number of azo groups is 1. The van der Waals surface area contributed by atoms with E-state index in [1.165, 1.54) is 0 Å². The number of anilines is 2. The van der Waals surface area contributed by atoms with E-state index in [4.69, 9.17) is 0 Å². The van der Waals surface area contributed by atoms with E-state index in [9.17, 15) is 102 Å². The molecule has 4 aromatic carbocycles. The predicted molar refractivity (Wildman–Crippen MR) is 232 cm³/mol. The molecule has 0 heterocycles. The number of sulfone groups is 3. The average Bonchev–Trinajstić information content (AvgIpc) is 3.29. The van der Waals surface area contributed by atoms with E-state index in [1.54, 1.807) is 5.43 Å². The first-order valence-corrected chi connectivity index (χ1v) is 30.2. The van der Waals surface area contributed by atoms with Gasteiger partial charge >= 0.3 is 177 Å². The number of phenolic OH excluding ortho intramolecular Hbond substituents is 1. The minimum absolute atomic E-state index is 0. The van der Waals surface area contributed by atoms with Crippen molar-refractivity contribution in [2.75, 3.05) is 47.9 Å². The molecule has 4 aromatic rings. The van der Waals surface area contributed by atoms with Crippen molar-refractivity contribution in [1.82, 2.24) is 0 Å². The largest absolute Gasteiger partial charge is 1.00 e. The fourth-order valence-corrected chi connectivity index (χ4v) is 11.8. The summed E-state index contributed by atoms with van der Waals surface area (Å²) in [6.07, 6.45) is 0. The predicted octanol–water partition coefficient (Wildman–Crippen LogP) is -22.6. The zero-order chi connectivity index (χ0) is 56.4. The van der Waals surface area contributed by atoms with Gasteiger partial charge in [-0.15, -0.1) is 18.9 Å². The molecule has 0 bridgehead atoms. The van der Waals surface area contributed by atoms with Gasteiger partial charge in [0.2, 0.25) is 21.3 Å². The molecule has 81 heavy (non-hydrogen) atoms. The number of phenols is 1. The van der Waals surface area contributed by atoms with Crippen LogP contribution in [0.3, 0.4) is 0 Å². The number of aromatic hydroxyl groups is 1. The van der Waals surface area contributed by atoms with E-state index < -0.39 is 187 Å². The number of hydrogen-bond acceptors (Lipinski definition) is 38. The SMILES string of the molecule is O=c1c(N=Nc2ccc(S(=O)(=O)CCOSOO[O-])cc2S(=O)(=O)[O-])c(O)/c(=N/Nc2ccc(S(=O)(=O)CCOSOO[O-])cc2S(=O)(=O)[O-])c(=O)/c1=N\Nc1ccc(S(=O)(=O)CCOS(=O)(=O)[O-])cc1S(=O)(=O)[O-].[Na+].[Na+].[Na+].[Na+].[Na+].[Na+]. The Hall–Kier alpha value is 0.910.